The van der Waals surface area contributed by atoms with Gasteiger partial charge in [-0.05, 0) is 117 Å². The number of hydrogen-bond acceptors (Lipinski definition) is 11. The van der Waals surface area contributed by atoms with Gasteiger partial charge in [-0.1, -0.05) is 131 Å². The van der Waals surface area contributed by atoms with Crippen LogP contribution < -0.4 is 24.3 Å². The van der Waals surface area contributed by atoms with Crippen LogP contribution in [0.4, 0.5) is 10.5 Å². The van der Waals surface area contributed by atoms with Gasteiger partial charge in [-0.3, -0.25) is 10.1 Å². The maximum absolute atomic E-state index is 15.6. The molecular formula is C63H85N3O10. The van der Waals surface area contributed by atoms with Gasteiger partial charge in [0.25, 0.3) is 0 Å². The van der Waals surface area contributed by atoms with Crippen molar-refractivity contribution in [2.45, 2.75) is 167 Å². The number of allylic oxidation sites excluding steroid dienone is 1. The molecule has 1 saturated carbocycles. The molecule has 13 heteroatoms. The van der Waals surface area contributed by atoms with Crippen molar-refractivity contribution >= 4 is 34.2 Å². The van der Waals surface area contributed by atoms with E-state index in [1.165, 1.54) is 39.2 Å². The molecule has 0 saturated heterocycles. The number of carbonyl (C=O) groups is 2. The molecule has 4 aromatic carbocycles. The van der Waals surface area contributed by atoms with Gasteiger partial charge >= 0.3 is 6.09 Å². The highest BCUT2D eigenvalue weighted by atomic mass is 16.7. The third kappa shape index (κ3) is 14.4. The van der Waals surface area contributed by atoms with Crippen molar-refractivity contribution in [2.75, 3.05) is 39.4 Å². The molecular weight excluding hydrogens is 959 g/mol. The van der Waals surface area contributed by atoms with Crippen LogP contribution in [0.3, 0.4) is 0 Å². The fraction of sp³-hybridized carbons (Fsp3) is 0.540. The molecule has 6 atom stereocenters. The zero-order valence-electron chi connectivity index (χ0n) is 46.2. The summed E-state index contributed by atoms with van der Waals surface area (Å²) < 4.78 is 32.0. The number of ether oxygens (including phenoxy) is 5. The molecule has 2 amide bonds. The van der Waals surface area contributed by atoms with Crippen molar-refractivity contribution in [3.05, 3.63) is 114 Å². The molecule has 3 N–H and O–H groups in total. The minimum Gasteiger partial charge on any atom is -0.497 e. The van der Waals surface area contributed by atoms with E-state index in [0.717, 1.165) is 84.6 Å². The highest BCUT2D eigenvalue weighted by Crippen LogP contribution is 2.62. The van der Waals surface area contributed by atoms with Gasteiger partial charge in [-0.15, -0.1) is 6.58 Å². The van der Waals surface area contributed by atoms with Crippen LogP contribution in [0.25, 0.3) is 10.8 Å². The van der Waals surface area contributed by atoms with Gasteiger partial charge in [0.05, 0.1) is 38.1 Å². The Kier molecular flexibility index (Phi) is 21.3. The second-order valence-corrected chi connectivity index (χ2v) is 21.8. The first-order chi connectivity index (χ1) is 36.9. The van der Waals surface area contributed by atoms with Crippen LogP contribution in [0.2, 0.25) is 0 Å². The first-order valence-corrected chi connectivity index (χ1v) is 28.1. The minimum atomic E-state index is -1.47. The molecule has 1 aliphatic heterocycles. The maximum Gasteiger partial charge on any atom is 0.417 e. The van der Waals surface area contributed by atoms with Crippen LogP contribution in [-0.4, -0.2) is 84.3 Å². The topological polar surface area (TPSA) is 158 Å². The zero-order valence-corrected chi connectivity index (χ0v) is 46.2. The van der Waals surface area contributed by atoms with Crippen LogP contribution in [0.5, 0.6) is 23.0 Å². The lowest BCUT2D eigenvalue weighted by atomic mass is 9.55. The molecule has 76 heavy (non-hydrogen) atoms. The number of rotatable bonds is 29. The Morgan fingerprint density at radius 3 is 2.26 bits per heavy atom. The van der Waals surface area contributed by atoms with E-state index in [9.17, 15) is 15.0 Å². The van der Waals surface area contributed by atoms with Crippen molar-refractivity contribution in [1.82, 2.24) is 4.90 Å². The normalized spacial score (nSPS) is 21.2. The summed E-state index contributed by atoms with van der Waals surface area (Å²) >= 11 is 0. The number of unbranched alkanes of at least 4 members (excludes halogenated alkanes) is 10. The van der Waals surface area contributed by atoms with Gasteiger partial charge in [0.2, 0.25) is 11.7 Å². The quantitative estimate of drug-likeness (QED) is 0.0272. The van der Waals surface area contributed by atoms with E-state index in [2.05, 4.69) is 55.2 Å². The summed E-state index contributed by atoms with van der Waals surface area (Å²) in [5.74, 6) is -0.496. The summed E-state index contributed by atoms with van der Waals surface area (Å²) in [5, 5.41) is 30.3. The minimum absolute atomic E-state index is 0.0106. The molecule has 1 fully saturated rings. The molecule has 0 spiro atoms. The van der Waals surface area contributed by atoms with E-state index < -0.39 is 29.4 Å². The predicted octanol–water partition coefficient (Wildman–Crippen LogP) is 13.8. The van der Waals surface area contributed by atoms with Gasteiger partial charge < -0.3 is 43.6 Å². The van der Waals surface area contributed by atoms with Crippen molar-refractivity contribution < 1.29 is 48.3 Å². The van der Waals surface area contributed by atoms with E-state index in [-0.39, 0.29) is 49.9 Å². The Labute approximate surface area is 452 Å². The fourth-order valence-corrected chi connectivity index (χ4v) is 11.8. The van der Waals surface area contributed by atoms with Gasteiger partial charge in [-0.2, -0.15) is 0 Å². The first-order valence-electron chi connectivity index (χ1n) is 28.1. The average Bonchev–Trinajstić information content (AvgIpc) is 3.56. The zero-order chi connectivity index (χ0) is 54.1. The molecule has 0 bridgehead atoms. The summed E-state index contributed by atoms with van der Waals surface area (Å²) in [4.78, 5) is 37.8. The number of benzene rings is 4. The number of fused-ring (bicyclic) bond motifs is 3. The SMILES string of the molecule is C=CCO[C@@]12Oc3ccc(OC(=O)Nc4ccc(OC)cc4OC)cc3[C@H]3[C@H](CCCCO)[C@@H](CCCCO)C=C(C(=NOC(C)(C)C)C[C@@H]1N(Cc1cccc4ccccc14)C(=O)CCCCCCCCCCC)[C@H]32. The second-order valence-electron chi connectivity index (χ2n) is 21.8. The predicted molar refractivity (Wildman–Crippen MR) is 301 cm³/mol. The maximum atomic E-state index is 15.6. The van der Waals surface area contributed by atoms with Gasteiger partial charge in [0, 0.05) is 50.1 Å². The number of nitrogens with one attached hydrogen (secondary N) is 1. The fourth-order valence-electron chi connectivity index (χ4n) is 11.8. The second kappa shape index (κ2) is 27.9. The average molecular weight is 1040 g/mol. The molecule has 1 heterocycles. The van der Waals surface area contributed by atoms with Crippen LogP contribution in [0.15, 0.2) is 108 Å². The number of methoxy groups -OCH3 is 2. The smallest absolute Gasteiger partial charge is 0.417 e. The molecule has 3 aliphatic rings. The molecule has 0 aromatic heterocycles. The Hall–Kier alpha value is -5.89. The van der Waals surface area contributed by atoms with Crippen molar-refractivity contribution in [1.29, 1.82) is 0 Å². The Bertz CT molecular complexity index is 2600. The summed E-state index contributed by atoms with van der Waals surface area (Å²) in [6.45, 7) is 12.9. The molecule has 7 rings (SSSR count). The first kappa shape index (κ1) is 57.8. The number of aliphatic hydroxyl groups excluding tert-OH is 2. The number of nitrogens with zero attached hydrogens (tertiary/aromatic N) is 2. The number of anilines is 1. The molecule has 0 unspecified atom stereocenters. The number of carbonyl (C=O) groups excluding carboxylic acids is 2. The summed E-state index contributed by atoms with van der Waals surface area (Å²) in [6, 6.07) is 24.5. The Balaban J connectivity index is 1.39. The number of amides is 2. The Morgan fingerprint density at radius 2 is 1.55 bits per heavy atom. The standard InChI is InChI=1S/C63H85N3O10/c1-8-10-11-12-13-14-15-16-17-31-58(69)66(43-46-28-24-27-44-25-18-19-29-49(44)46)57-42-54(65-76-62(3,4)5)51-39-45(26-20-22-36-67)50(30-21-23-37-68)59-52-40-48(33-35-55(52)75-63(57,60(51)59)73-38-9-2)74-61(70)64-53-34-32-47(71-6)41-56(53)72-7/h9,18-19,24-25,27-29,32-35,39-41,45,50,57,59-60,67-68H,2,8,10-17,20-23,26,30-31,36-38,42-43H2,1,3-7H3,(H,64,70)/t45-,50+,57-,59+,60+,63+/m0/s1. The van der Waals surface area contributed by atoms with E-state index >= 15 is 4.79 Å². The third-order valence-corrected chi connectivity index (χ3v) is 15.3. The Morgan fingerprint density at radius 1 is 0.842 bits per heavy atom. The van der Waals surface area contributed by atoms with E-state index in [0.29, 0.717) is 54.5 Å². The van der Waals surface area contributed by atoms with Crippen LogP contribution in [0, 0.1) is 17.8 Å². The van der Waals surface area contributed by atoms with Gasteiger partial charge in [-0.25, -0.2) is 4.79 Å². The lowest BCUT2D eigenvalue weighted by Gasteiger charge is -2.60. The molecule has 13 nitrogen and oxygen atoms in total. The molecule has 2 aliphatic carbocycles. The highest BCUT2D eigenvalue weighted by Gasteiger charge is 2.65. The summed E-state index contributed by atoms with van der Waals surface area (Å²) in [6.07, 6.45) is 18.5. The number of hydrogen-bond donors (Lipinski definition) is 3. The lowest BCUT2D eigenvalue weighted by Crippen LogP contribution is -2.70. The van der Waals surface area contributed by atoms with E-state index in [1.807, 2.05) is 49.9 Å². The van der Waals surface area contributed by atoms with E-state index in [4.69, 9.17) is 33.7 Å². The van der Waals surface area contributed by atoms with Gasteiger partial charge in [0.1, 0.15) is 34.6 Å². The third-order valence-electron chi connectivity index (χ3n) is 15.3. The molecule has 0 radical (unpaired) electrons. The van der Waals surface area contributed by atoms with Crippen LogP contribution in [-0.2, 0) is 20.9 Å². The summed E-state index contributed by atoms with van der Waals surface area (Å²) in [7, 11) is 3.08. The van der Waals surface area contributed by atoms with Gasteiger partial charge in [0.15, 0.2) is 0 Å². The van der Waals surface area contributed by atoms with Crippen LogP contribution >= 0.6 is 0 Å². The number of oxime groups is 1. The highest BCUT2D eigenvalue weighted by molar-refractivity contribution is 6.03. The monoisotopic (exact) mass is 1040 g/mol. The van der Waals surface area contributed by atoms with Crippen molar-refractivity contribution in [2.24, 2.45) is 22.9 Å². The van der Waals surface area contributed by atoms with Crippen LogP contribution in [0.1, 0.15) is 154 Å². The van der Waals surface area contributed by atoms with Crippen molar-refractivity contribution in [3.63, 3.8) is 0 Å². The molecule has 4 aromatic rings. The lowest BCUT2D eigenvalue weighted by molar-refractivity contribution is -0.258. The summed E-state index contributed by atoms with van der Waals surface area (Å²) in [5.41, 5.74) is 3.27. The molecule has 412 valence electrons. The van der Waals surface area contributed by atoms with E-state index in [1.54, 1.807) is 37.5 Å². The van der Waals surface area contributed by atoms with Crippen molar-refractivity contribution in [3.8, 4) is 23.0 Å². The largest absolute Gasteiger partial charge is 0.497 e. The number of aliphatic hydroxyl groups is 2.